The summed E-state index contributed by atoms with van der Waals surface area (Å²) in [5, 5.41) is 11.6. The number of fused-ring (bicyclic) bond motifs is 1. The van der Waals surface area contributed by atoms with Crippen LogP contribution in [0.3, 0.4) is 0 Å². The van der Waals surface area contributed by atoms with E-state index in [1.807, 2.05) is 43.3 Å². The third kappa shape index (κ3) is 4.47. The lowest BCUT2D eigenvalue weighted by molar-refractivity contribution is -0.384. The van der Waals surface area contributed by atoms with Crippen LogP contribution < -0.4 is 4.90 Å². The number of nitro groups is 1. The molecule has 1 amide bonds. The summed E-state index contributed by atoms with van der Waals surface area (Å²) < 4.78 is 0.997. The molecule has 0 saturated heterocycles. The average Bonchev–Trinajstić information content (AvgIpc) is 3.08. The van der Waals surface area contributed by atoms with Crippen molar-refractivity contribution >= 4 is 38.3 Å². The molecule has 0 spiro atoms. The molecule has 0 aliphatic heterocycles. The monoisotopic (exact) mass is 384 g/mol. The zero-order valence-electron chi connectivity index (χ0n) is 15.2. The van der Waals surface area contributed by atoms with Gasteiger partial charge < -0.3 is 4.90 Å². The van der Waals surface area contributed by atoms with Crippen LogP contribution in [0.15, 0.2) is 48.5 Å². The van der Waals surface area contributed by atoms with E-state index in [0.717, 1.165) is 23.2 Å². The number of carbonyl (C=O) groups is 1. The summed E-state index contributed by atoms with van der Waals surface area (Å²) in [6, 6.07) is 13.5. The third-order valence-electron chi connectivity index (χ3n) is 4.05. The minimum atomic E-state index is -0.495. The molecule has 1 heterocycles. The topological polar surface area (TPSA) is 79.6 Å². The van der Waals surface area contributed by atoms with Crippen molar-refractivity contribution in [3.63, 3.8) is 0 Å². The number of hydrogen-bond donors (Lipinski definition) is 0. The normalized spacial score (nSPS) is 11.1. The van der Waals surface area contributed by atoms with E-state index in [1.54, 1.807) is 11.0 Å². The van der Waals surface area contributed by atoms with Crippen molar-refractivity contribution in [3.8, 4) is 0 Å². The van der Waals surface area contributed by atoms with Crippen LogP contribution in [-0.4, -0.2) is 47.9 Å². The maximum atomic E-state index is 13.1. The van der Waals surface area contributed by atoms with Crippen LogP contribution in [0.5, 0.6) is 0 Å². The molecule has 1 aromatic heterocycles. The molecule has 0 saturated carbocycles. The molecule has 27 heavy (non-hydrogen) atoms. The third-order valence-corrected chi connectivity index (χ3v) is 5.11. The van der Waals surface area contributed by atoms with Crippen molar-refractivity contribution < 1.29 is 9.72 Å². The molecule has 0 N–H and O–H groups in total. The SMILES string of the molecule is CN(C)CCCN(C(=O)c1cccc([N+](=O)[O-])c1)c1nc2ccccc2s1. The molecule has 3 rings (SSSR count). The van der Waals surface area contributed by atoms with Crippen LogP contribution >= 0.6 is 11.3 Å². The number of amides is 1. The first-order chi connectivity index (χ1) is 13.0. The van der Waals surface area contributed by atoms with Gasteiger partial charge in [-0.05, 0) is 45.3 Å². The van der Waals surface area contributed by atoms with Crippen molar-refractivity contribution in [2.75, 3.05) is 32.1 Å². The van der Waals surface area contributed by atoms with Gasteiger partial charge in [-0.1, -0.05) is 29.5 Å². The number of non-ortho nitro benzene ring substituents is 1. The molecular weight excluding hydrogens is 364 g/mol. The summed E-state index contributed by atoms with van der Waals surface area (Å²) in [7, 11) is 3.95. The zero-order valence-corrected chi connectivity index (χ0v) is 16.0. The van der Waals surface area contributed by atoms with Gasteiger partial charge in [0.15, 0.2) is 5.13 Å². The van der Waals surface area contributed by atoms with Gasteiger partial charge in [0.1, 0.15) is 0 Å². The molecule has 0 atom stereocenters. The molecule has 8 heteroatoms. The maximum absolute atomic E-state index is 13.1. The Morgan fingerprint density at radius 1 is 1.15 bits per heavy atom. The fourth-order valence-corrected chi connectivity index (χ4v) is 3.70. The second kappa shape index (κ2) is 8.24. The van der Waals surface area contributed by atoms with Crippen molar-refractivity contribution in [1.29, 1.82) is 0 Å². The summed E-state index contributed by atoms with van der Waals surface area (Å²) >= 11 is 1.44. The average molecular weight is 384 g/mol. The van der Waals surface area contributed by atoms with Gasteiger partial charge in [-0.2, -0.15) is 0 Å². The number of aromatic nitrogens is 1. The molecule has 0 unspecified atom stereocenters. The second-order valence-electron chi connectivity index (χ2n) is 6.39. The second-order valence-corrected chi connectivity index (χ2v) is 7.39. The van der Waals surface area contributed by atoms with E-state index < -0.39 is 4.92 Å². The van der Waals surface area contributed by atoms with Crippen molar-refractivity contribution in [3.05, 3.63) is 64.2 Å². The fourth-order valence-electron chi connectivity index (χ4n) is 2.71. The van der Waals surface area contributed by atoms with Crippen LogP contribution in [0, 0.1) is 10.1 Å². The van der Waals surface area contributed by atoms with Gasteiger partial charge in [0.25, 0.3) is 11.6 Å². The molecule has 0 aliphatic rings. The molecule has 7 nitrogen and oxygen atoms in total. The number of nitrogens with zero attached hydrogens (tertiary/aromatic N) is 4. The molecule has 0 fully saturated rings. The van der Waals surface area contributed by atoms with Crippen LogP contribution in [0.1, 0.15) is 16.8 Å². The molecule has 140 valence electrons. The highest BCUT2D eigenvalue weighted by atomic mass is 32.1. The Balaban J connectivity index is 1.94. The maximum Gasteiger partial charge on any atom is 0.270 e. The molecule has 2 aromatic carbocycles. The summed E-state index contributed by atoms with van der Waals surface area (Å²) in [6.45, 7) is 1.31. The fraction of sp³-hybridized carbons (Fsp3) is 0.263. The molecule has 0 bridgehead atoms. The molecular formula is C19H20N4O3S. The summed E-state index contributed by atoms with van der Waals surface area (Å²) in [5.41, 5.74) is 1.02. The minimum absolute atomic E-state index is 0.0987. The number of para-hydroxylation sites is 1. The number of anilines is 1. The van der Waals surface area contributed by atoms with Gasteiger partial charge in [-0.25, -0.2) is 4.98 Å². The van der Waals surface area contributed by atoms with Crippen LogP contribution in [0.25, 0.3) is 10.2 Å². The Morgan fingerprint density at radius 3 is 2.63 bits per heavy atom. The Kier molecular flexibility index (Phi) is 5.78. The van der Waals surface area contributed by atoms with Crippen molar-refractivity contribution in [2.24, 2.45) is 0 Å². The number of rotatable bonds is 7. The number of carbonyl (C=O) groups excluding carboxylic acids is 1. The van der Waals surface area contributed by atoms with Gasteiger partial charge >= 0.3 is 0 Å². The van der Waals surface area contributed by atoms with Gasteiger partial charge in [-0.3, -0.25) is 19.8 Å². The number of thiazole rings is 1. The van der Waals surface area contributed by atoms with Gasteiger partial charge in [0.05, 0.1) is 15.1 Å². The van der Waals surface area contributed by atoms with Crippen LogP contribution in [0.2, 0.25) is 0 Å². The molecule has 3 aromatic rings. The van der Waals surface area contributed by atoms with Gasteiger partial charge in [0.2, 0.25) is 0 Å². The van der Waals surface area contributed by atoms with Gasteiger partial charge in [-0.15, -0.1) is 0 Å². The van der Waals surface area contributed by atoms with E-state index >= 15 is 0 Å². The largest absolute Gasteiger partial charge is 0.309 e. The van der Waals surface area contributed by atoms with E-state index in [1.165, 1.54) is 29.5 Å². The Morgan fingerprint density at radius 2 is 1.93 bits per heavy atom. The summed E-state index contributed by atoms with van der Waals surface area (Å²) in [4.78, 5) is 31.9. The number of hydrogen-bond acceptors (Lipinski definition) is 6. The first-order valence-corrected chi connectivity index (χ1v) is 9.34. The highest BCUT2D eigenvalue weighted by Crippen LogP contribution is 2.30. The van der Waals surface area contributed by atoms with E-state index in [0.29, 0.717) is 11.7 Å². The van der Waals surface area contributed by atoms with E-state index in [9.17, 15) is 14.9 Å². The van der Waals surface area contributed by atoms with E-state index in [4.69, 9.17) is 0 Å². The standard InChI is InChI=1S/C19H20N4O3S/c1-21(2)11-6-12-22(19-20-16-9-3-4-10-17(16)27-19)18(24)14-7-5-8-15(13-14)23(25)26/h3-5,7-10,13H,6,11-12H2,1-2H3. The highest BCUT2D eigenvalue weighted by molar-refractivity contribution is 7.22. The first-order valence-electron chi connectivity index (χ1n) is 8.52. The van der Waals surface area contributed by atoms with Crippen molar-refractivity contribution in [1.82, 2.24) is 9.88 Å². The minimum Gasteiger partial charge on any atom is -0.309 e. The molecule has 0 aliphatic carbocycles. The molecule has 0 radical (unpaired) electrons. The lowest BCUT2D eigenvalue weighted by Crippen LogP contribution is -2.33. The lowest BCUT2D eigenvalue weighted by atomic mass is 10.1. The van der Waals surface area contributed by atoms with E-state index in [-0.39, 0.29) is 17.2 Å². The summed E-state index contributed by atoms with van der Waals surface area (Å²) in [5.74, 6) is -0.281. The number of nitro benzene ring substituents is 1. The lowest BCUT2D eigenvalue weighted by Gasteiger charge is -2.21. The van der Waals surface area contributed by atoms with Crippen molar-refractivity contribution in [2.45, 2.75) is 6.42 Å². The Hall–Kier alpha value is -2.84. The first kappa shape index (κ1) is 18.9. The smallest absolute Gasteiger partial charge is 0.270 e. The Bertz CT molecular complexity index is 937. The van der Waals surface area contributed by atoms with Crippen LogP contribution in [0.4, 0.5) is 10.8 Å². The Labute approximate surface area is 161 Å². The number of benzene rings is 2. The zero-order chi connectivity index (χ0) is 19.4. The predicted octanol–water partition coefficient (Wildman–Crippen LogP) is 3.80. The van der Waals surface area contributed by atoms with E-state index in [2.05, 4.69) is 4.98 Å². The quantitative estimate of drug-likeness (QED) is 0.457. The summed E-state index contributed by atoms with van der Waals surface area (Å²) in [6.07, 6.45) is 0.767. The van der Waals surface area contributed by atoms with Gasteiger partial charge in [0, 0.05) is 24.2 Å². The highest BCUT2D eigenvalue weighted by Gasteiger charge is 2.22. The van der Waals surface area contributed by atoms with Crippen LogP contribution in [-0.2, 0) is 0 Å². The predicted molar refractivity (Wildman–Crippen MR) is 108 cm³/mol.